The third-order valence-electron chi connectivity index (χ3n) is 4.61. The second-order valence-electron chi connectivity index (χ2n) is 6.69. The van der Waals surface area contributed by atoms with Gasteiger partial charge in [-0.1, -0.05) is 19.8 Å². The minimum Gasteiger partial charge on any atom is -0.429 e. The van der Waals surface area contributed by atoms with Crippen molar-refractivity contribution in [3.63, 3.8) is 0 Å². The van der Waals surface area contributed by atoms with Crippen LogP contribution in [-0.4, -0.2) is 0 Å². The van der Waals surface area contributed by atoms with Gasteiger partial charge in [0.05, 0.1) is 0 Å². The fraction of sp³-hybridized carbons (Fsp3) is 0.429. The Morgan fingerprint density at radius 2 is 1.42 bits per heavy atom. The highest BCUT2D eigenvalue weighted by Gasteiger charge is 2.41. The second-order valence-corrected chi connectivity index (χ2v) is 6.69. The van der Waals surface area contributed by atoms with Gasteiger partial charge in [-0.25, -0.2) is 8.78 Å². The van der Waals surface area contributed by atoms with Gasteiger partial charge in [0, 0.05) is 0 Å². The number of hydrogen-bond donors (Lipinski definition) is 0. The van der Waals surface area contributed by atoms with Crippen molar-refractivity contribution >= 4 is 0 Å². The molecule has 2 rings (SSSR count). The van der Waals surface area contributed by atoms with Gasteiger partial charge in [-0.15, -0.1) is 0 Å². The molecule has 1 nitrogen and oxygen atoms in total. The molecule has 0 saturated carbocycles. The first-order chi connectivity index (χ1) is 12.2. The number of unbranched alkanes of at least 4 members (excludes halogenated alkanes) is 2. The van der Waals surface area contributed by atoms with Crippen molar-refractivity contribution in [3.8, 4) is 5.75 Å². The van der Waals surface area contributed by atoms with Crippen LogP contribution < -0.4 is 4.74 Å². The predicted molar refractivity (Wildman–Crippen MR) is 94.8 cm³/mol. The topological polar surface area (TPSA) is 9.23 Å². The summed E-state index contributed by atoms with van der Waals surface area (Å²) in [5.74, 6) is -2.70. The quantitative estimate of drug-likeness (QED) is 0.388. The van der Waals surface area contributed by atoms with E-state index in [2.05, 4.69) is 0 Å². The van der Waals surface area contributed by atoms with Gasteiger partial charge in [0.15, 0.2) is 0 Å². The fourth-order valence-corrected chi connectivity index (χ4v) is 2.88. The minimum atomic E-state index is -4.11. The lowest BCUT2D eigenvalue weighted by atomic mass is 10.0. The zero-order valence-electron chi connectivity index (χ0n) is 15.6. The molecule has 26 heavy (non-hydrogen) atoms. The summed E-state index contributed by atoms with van der Waals surface area (Å²) < 4.78 is 62.1. The van der Waals surface area contributed by atoms with Gasteiger partial charge in [0.2, 0.25) is 0 Å². The lowest BCUT2D eigenvalue weighted by molar-refractivity contribution is -0.189. The van der Waals surface area contributed by atoms with E-state index in [4.69, 9.17) is 4.74 Å². The van der Waals surface area contributed by atoms with Gasteiger partial charge in [0.25, 0.3) is 0 Å². The van der Waals surface area contributed by atoms with E-state index in [1.807, 2.05) is 13.8 Å². The van der Waals surface area contributed by atoms with E-state index in [1.165, 1.54) is 12.1 Å². The van der Waals surface area contributed by atoms with Gasteiger partial charge < -0.3 is 4.74 Å². The molecule has 0 heterocycles. The van der Waals surface area contributed by atoms with Gasteiger partial charge in [0.1, 0.15) is 22.9 Å². The van der Waals surface area contributed by atoms with Crippen molar-refractivity contribution in [2.45, 2.75) is 59.5 Å². The molecule has 0 fully saturated rings. The average molecular weight is 368 g/mol. The minimum absolute atomic E-state index is 0.124. The second kappa shape index (κ2) is 8.11. The lowest BCUT2D eigenvalue weighted by Gasteiger charge is -2.21. The molecule has 0 N–H and O–H groups in total. The summed E-state index contributed by atoms with van der Waals surface area (Å²) in [6, 6.07) is 4.81. The van der Waals surface area contributed by atoms with Crippen LogP contribution in [0.25, 0.3) is 0 Å². The van der Waals surface area contributed by atoms with E-state index in [1.54, 1.807) is 13.8 Å². The van der Waals surface area contributed by atoms with Crippen molar-refractivity contribution < 1.29 is 22.3 Å². The van der Waals surface area contributed by atoms with Gasteiger partial charge in [-0.05, 0) is 80.1 Å². The third kappa shape index (κ3) is 4.57. The standard InChI is InChI=1S/C21H24F4O/c1-5-6-7-8-16-11-18(22)20(19(23)12-16)21(24,25)26-17-9-13(2)15(4)14(3)10-17/h9-12H,5-8H2,1-4H3. The lowest BCUT2D eigenvalue weighted by Crippen LogP contribution is -2.25. The smallest absolute Gasteiger partial charge is 0.429 e. The molecule has 2 aromatic rings. The highest BCUT2D eigenvalue weighted by Crippen LogP contribution is 2.36. The van der Waals surface area contributed by atoms with Gasteiger partial charge in [-0.3, -0.25) is 0 Å². The Morgan fingerprint density at radius 3 is 1.92 bits per heavy atom. The molecule has 0 unspecified atom stereocenters. The zero-order chi connectivity index (χ0) is 19.5. The maximum atomic E-state index is 14.5. The summed E-state index contributed by atoms with van der Waals surface area (Å²) >= 11 is 0. The summed E-state index contributed by atoms with van der Waals surface area (Å²) in [5, 5.41) is 0. The molecule has 142 valence electrons. The largest absolute Gasteiger partial charge is 0.432 e. The van der Waals surface area contributed by atoms with Crippen LogP contribution in [0.15, 0.2) is 24.3 Å². The zero-order valence-corrected chi connectivity index (χ0v) is 15.6. The molecule has 5 heteroatoms. The van der Waals surface area contributed by atoms with Crippen molar-refractivity contribution in [2.75, 3.05) is 0 Å². The molecule has 0 spiro atoms. The number of rotatable bonds is 7. The first kappa shape index (κ1) is 20.3. The molecule has 2 aromatic carbocycles. The van der Waals surface area contributed by atoms with Crippen molar-refractivity contribution in [1.29, 1.82) is 0 Å². The number of halogens is 4. The molecule has 0 amide bonds. The Hall–Kier alpha value is -2.04. The van der Waals surface area contributed by atoms with Crippen LogP contribution in [-0.2, 0) is 12.5 Å². The molecule has 0 saturated heterocycles. The van der Waals surface area contributed by atoms with Gasteiger partial charge >= 0.3 is 6.11 Å². The number of ether oxygens (including phenoxy) is 1. The summed E-state index contributed by atoms with van der Waals surface area (Å²) in [5.41, 5.74) is 1.50. The van der Waals surface area contributed by atoms with E-state index in [0.717, 1.165) is 48.1 Å². The molecule has 0 radical (unpaired) electrons. The van der Waals surface area contributed by atoms with Crippen LogP contribution in [0.1, 0.15) is 54.0 Å². The third-order valence-corrected chi connectivity index (χ3v) is 4.61. The Kier molecular flexibility index (Phi) is 6.32. The Balaban J connectivity index is 2.30. The van der Waals surface area contributed by atoms with E-state index < -0.39 is 23.3 Å². The number of benzene rings is 2. The van der Waals surface area contributed by atoms with Crippen molar-refractivity contribution in [1.82, 2.24) is 0 Å². The normalized spacial score (nSPS) is 11.7. The predicted octanol–water partition coefficient (Wildman–Crippen LogP) is 6.75. The first-order valence-electron chi connectivity index (χ1n) is 8.78. The fourth-order valence-electron chi connectivity index (χ4n) is 2.88. The molecule has 0 atom stereocenters. The number of alkyl halides is 2. The van der Waals surface area contributed by atoms with E-state index >= 15 is 0 Å². The first-order valence-corrected chi connectivity index (χ1v) is 8.78. The van der Waals surface area contributed by atoms with Crippen LogP contribution >= 0.6 is 0 Å². The average Bonchev–Trinajstić information content (AvgIpc) is 2.51. The molecule has 0 aliphatic rings. The van der Waals surface area contributed by atoms with Crippen LogP contribution in [0.5, 0.6) is 5.75 Å². The Bertz CT molecular complexity index is 738. The van der Waals surface area contributed by atoms with Crippen molar-refractivity contribution in [3.05, 3.63) is 63.7 Å². The molecule has 0 bridgehead atoms. The van der Waals surface area contributed by atoms with Crippen molar-refractivity contribution in [2.24, 2.45) is 0 Å². The number of aryl methyl sites for hydroxylation is 3. The highest BCUT2D eigenvalue weighted by atomic mass is 19.3. The van der Waals surface area contributed by atoms with Crippen LogP contribution in [0.2, 0.25) is 0 Å². The molecular weight excluding hydrogens is 344 g/mol. The van der Waals surface area contributed by atoms with Crippen LogP contribution in [0.4, 0.5) is 17.6 Å². The molecule has 0 aliphatic heterocycles. The summed E-state index contributed by atoms with van der Waals surface area (Å²) in [6.07, 6.45) is -1.03. The Morgan fingerprint density at radius 1 is 0.885 bits per heavy atom. The maximum Gasteiger partial charge on any atom is 0.432 e. The molecule has 0 aliphatic carbocycles. The molecular formula is C21H24F4O. The summed E-state index contributed by atoms with van der Waals surface area (Å²) in [7, 11) is 0. The highest BCUT2D eigenvalue weighted by molar-refractivity contribution is 5.40. The monoisotopic (exact) mass is 368 g/mol. The SMILES string of the molecule is CCCCCc1cc(F)c(C(F)(F)Oc2cc(C)c(C)c(C)c2)c(F)c1. The van der Waals surface area contributed by atoms with E-state index in [9.17, 15) is 17.6 Å². The summed E-state index contributed by atoms with van der Waals surface area (Å²) in [4.78, 5) is 0. The molecule has 0 aromatic heterocycles. The van der Waals surface area contributed by atoms with Crippen LogP contribution in [0, 0.1) is 32.4 Å². The van der Waals surface area contributed by atoms with E-state index in [-0.39, 0.29) is 5.75 Å². The summed E-state index contributed by atoms with van der Waals surface area (Å²) in [6.45, 7) is 7.40. The number of hydrogen-bond acceptors (Lipinski definition) is 1. The maximum absolute atomic E-state index is 14.5. The van der Waals surface area contributed by atoms with E-state index in [0.29, 0.717) is 12.0 Å². The van der Waals surface area contributed by atoms with Crippen LogP contribution in [0.3, 0.4) is 0 Å². The Labute approximate surface area is 152 Å². The van der Waals surface area contributed by atoms with Gasteiger partial charge in [-0.2, -0.15) is 8.78 Å².